The summed E-state index contributed by atoms with van der Waals surface area (Å²) in [5.41, 5.74) is -1.06. The highest BCUT2D eigenvalue weighted by Crippen LogP contribution is 2.37. The number of carbonyl (C=O) groups is 4. The molecule has 29 heavy (non-hydrogen) atoms. The lowest BCUT2D eigenvalue weighted by atomic mass is 9.79. The van der Waals surface area contributed by atoms with Crippen molar-refractivity contribution in [1.29, 1.82) is 0 Å². The van der Waals surface area contributed by atoms with E-state index < -0.39 is 47.7 Å². The van der Waals surface area contributed by atoms with Crippen LogP contribution in [0.25, 0.3) is 0 Å². The Balaban J connectivity index is 2.98. The number of rotatable bonds is 10. The van der Waals surface area contributed by atoms with Crippen LogP contribution < -0.4 is 5.32 Å². The van der Waals surface area contributed by atoms with Crippen LogP contribution in [0.15, 0.2) is 0 Å². The van der Waals surface area contributed by atoms with Crippen molar-refractivity contribution in [2.45, 2.75) is 57.5 Å². The molecule has 1 fully saturated rings. The average Bonchev–Trinajstić information content (AvgIpc) is 2.61. The molecule has 1 rings (SSSR count). The van der Waals surface area contributed by atoms with E-state index in [2.05, 4.69) is 5.32 Å². The zero-order chi connectivity index (χ0) is 22.0. The minimum absolute atomic E-state index is 0.0711. The van der Waals surface area contributed by atoms with Gasteiger partial charge >= 0.3 is 17.9 Å². The number of ether oxygens (including phenoxy) is 5. The smallest absolute Gasteiger partial charge is 0.303 e. The van der Waals surface area contributed by atoms with Crippen LogP contribution in [0.3, 0.4) is 0 Å². The van der Waals surface area contributed by atoms with Gasteiger partial charge in [-0.2, -0.15) is 0 Å². The third-order valence-corrected chi connectivity index (χ3v) is 4.28. The number of hydrogen-bond acceptors (Lipinski definition) is 10. The summed E-state index contributed by atoms with van der Waals surface area (Å²) in [5, 5.41) is 11.2. The number of carbonyl (C=O) groups excluding carboxylic acids is 4. The van der Waals surface area contributed by atoms with Crippen molar-refractivity contribution in [3.63, 3.8) is 0 Å². The van der Waals surface area contributed by atoms with E-state index in [1.165, 1.54) is 27.9 Å². The topological polar surface area (TPSA) is 147 Å². The molecule has 0 heterocycles. The van der Waals surface area contributed by atoms with Crippen LogP contribution in [0.1, 0.15) is 33.6 Å². The summed E-state index contributed by atoms with van der Waals surface area (Å²) >= 11 is 0. The van der Waals surface area contributed by atoms with Crippen LogP contribution in [-0.4, -0.2) is 86.3 Å². The highest BCUT2D eigenvalue weighted by molar-refractivity contribution is 5.77. The molecule has 2 atom stereocenters. The van der Waals surface area contributed by atoms with Gasteiger partial charge < -0.3 is 34.1 Å². The zero-order valence-electron chi connectivity index (χ0n) is 17.1. The van der Waals surface area contributed by atoms with Gasteiger partial charge in [0.2, 0.25) is 5.91 Å². The highest BCUT2D eigenvalue weighted by Gasteiger charge is 2.51. The van der Waals surface area contributed by atoms with Gasteiger partial charge in [0.15, 0.2) is 6.10 Å². The van der Waals surface area contributed by atoms with Crippen molar-refractivity contribution >= 4 is 23.8 Å². The molecule has 1 aliphatic carbocycles. The third kappa shape index (κ3) is 8.34. The Morgan fingerprint density at radius 1 is 0.966 bits per heavy atom. The monoisotopic (exact) mass is 419 g/mol. The van der Waals surface area contributed by atoms with Crippen molar-refractivity contribution in [3.8, 4) is 0 Å². The van der Waals surface area contributed by atoms with Gasteiger partial charge in [-0.05, 0) is 0 Å². The highest BCUT2D eigenvalue weighted by atomic mass is 16.6. The summed E-state index contributed by atoms with van der Waals surface area (Å²) in [6.45, 7) is 3.16. The van der Waals surface area contributed by atoms with Crippen molar-refractivity contribution in [1.82, 2.24) is 5.32 Å². The normalized spacial score (nSPS) is 26.3. The quantitative estimate of drug-likeness (QED) is 0.337. The fraction of sp³-hybridized carbons (Fsp3) is 0.778. The number of hydrogen-bond donors (Lipinski definition) is 2. The second kappa shape index (κ2) is 11.7. The van der Waals surface area contributed by atoms with Crippen LogP contribution in [-0.2, 0) is 42.9 Å². The lowest BCUT2D eigenvalue weighted by Crippen LogP contribution is -2.58. The van der Waals surface area contributed by atoms with Crippen LogP contribution in [0, 0.1) is 0 Å². The van der Waals surface area contributed by atoms with Gasteiger partial charge in [0.05, 0.1) is 18.8 Å². The maximum absolute atomic E-state index is 11.6. The van der Waals surface area contributed by atoms with Crippen molar-refractivity contribution < 1.29 is 48.0 Å². The molecule has 0 bridgehead atoms. The summed E-state index contributed by atoms with van der Waals surface area (Å²) < 4.78 is 26.9. The maximum atomic E-state index is 11.6. The van der Waals surface area contributed by atoms with Gasteiger partial charge in [-0.25, -0.2) is 0 Å². The molecule has 0 aromatic rings. The fourth-order valence-corrected chi connectivity index (χ4v) is 3.20. The Labute approximate surface area is 168 Å². The van der Waals surface area contributed by atoms with Crippen molar-refractivity contribution in [2.24, 2.45) is 0 Å². The molecule has 11 nitrogen and oxygen atoms in total. The van der Waals surface area contributed by atoms with E-state index in [1.54, 1.807) is 0 Å². The number of esters is 3. The lowest BCUT2D eigenvalue weighted by Gasteiger charge is -2.45. The van der Waals surface area contributed by atoms with Gasteiger partial charge in [-0.3, -0.25) is 19.2 Å². The van der Waals surface area contributed by atoms with E-state index >= 15 is 0 Å². The van der Waals surface area contributed by atoms with Crippen molar-refractivity contribution in [3.05, 3.63) is 0 Å². The number of methoxy groups -OCH3 is 1. The number of amides is 1. The van der Waals surface area contributed by atoms with E-state index in [9.17, 15) is 19.2 Å². The molecule has 0 saturated heterocycles. The molecule has 11 heteroatoms. The molecule has 0 aromatic heterocycles. The molecule has 166 valence electrons. The van der Waals surface area contributed by atoms with Gasteiger partial charge in [0, 0.05) is 47.3 Å². The van der Waals surface area contributed by atoms with Crippen LogP contribution >= 0.6 is 0 Å². The molecule has 1 saturated carbocycles. The Morgan fingerprint density at radius 2 is 1.48 bits per heavy atom. The molecule has 1 amide bonds. The number of aliphatic hydroxyl groups excluding tert-OH is 1. The van der Waals surface area contributed by atoms with Crippen molar-refractivity contribution in [2.75, 3.05) is 33.5 Å². The Morgan fingerprint density at radius 3 is 1.90 bits per heavy atom. The second-order valence-electron chi connectivity index (χ2n) is 6.73. The molecule has 2 unspecified atom stereocenters. The summed E-state index contributed by atoms with van der Waals surface area (Å²) in [6.07, 6.45) is -2.70. The van der Waals surface area contributed by atoms with E-state index in [1.807, 2.05) is 0 Å². The van der Waals surface area contributed by atoms with Gasteiger partial charge in [-0.15, -0.1) is 0 Å². The van der Waals surface area contributed by atoms with Gasteiger partial charge in [0.25, 0.3) is 0 Å². The molecule has 0 spiro atoms. The van der Waals surface area contributed by atoms with Gasteiger partial charge in [0.1, 0.15) is 18.8 Å². The fourth-order valence-electron chi connectivity index (χ4n) is 3.20. The van der Waals surface area contributed by atoms with Crippen LogP contribution in [0.2, 0.25) is 0 Å². The first-order chi connectivity index (χ1) is 13.6. The third-order valence-electron chi connectivity index (χ3n) is 4.28. The van der Waals surface area contributed by atoms with E-state index in [0.29, 0.717) is 0 Å². The Hall–Kier alpha value is -2.24. The predicted molar refractivity (Wildman–Crippen MR) is 96.6 cm³/mol. The lowest BCUT2D eigenvalue weighted by molar-refractivity contribution is -0.218. The van der Waals surface area contributed by atoms with E-state index in [4.69, 9.17) is 28.8 Å². The molecule has 1 aliphatic rings. The molecule has 0 radical (unpaired) electrons. The summed E-state index contributed by atoms with van der Waals surface area (Å²) in [4.78, 5) is 46.3. The van der Waals surface area contributed by atoms with E-state index in [0.717, 1.165) is 0 Å². The summed E-state index contributed by atoms with van der Waals surface area (Å²) in [6, 6.07) is 0. The molecular weight excluding hydrogens is 390 g/mol. The first-order valence-electron chi connectivity index (χ1n) is 9.14. The molecule has 0 aliphatic heterocycles. The summed E-state index contributed by atoms with van der Waals surface area (Å²) in [5.74, 6) is -2.26. The Bertz CT molecular complexity index is 567. The minimum atomic E-state index is -1.06. The average molecular weight is 419 g/mol. The molecular formula is C18H29NO10. The van der Waals surface area contributed by atoms with Gasteiger partial charge in [-0.1, -0.05) is 0 Å². The van der Waals surface area contributed by atoms with Crippen LogP contribution in [0.4, 0.5) is 0 Å². The molecule has 0 aromatic carbocycles. The first-order valence-corrected chi connectivity index (χ1v) is 9.14. The van der Waals surface area contributed by atoms with E-state index in [-0.39, 0.29) is 39.2 Å². The minimum Gasteiger partial charge on any atom is -0.458 e. The zero-order valence-corrected chi connectivity index (χ0v) is 17.1. The summed E-state index contributed by atoms with van der Waals surface area (Å²) in [7, 11) is 1.41. The second-order valence-corrected chi connectivity index (χ2v) is 6.73. The number of aliphatic hydroxyl groups is 1. The molecule has 2 N–H and O–H groups in total. The van der Waals surface area contributed by atoms with Crippen LogP contribution in [0.5, 0.6) is 0 Å². The predicted octanol–water partition coefficient (Wildman–Crippen LogP) is -0.914. The maximum Gasteiger partial charge on any atom is 0.303 e. The SMILES string of the molecule is COC1(COCC(=O)NCCO)CC(OC(C)=O)C(OC(C)=O)C(OC(C)=O)C1. The first kappa shape index (κ1) is 24.8. The number of nitrogens with one attached hydrogen (secondary N) is 1. The largest absolute Gasteiger partial charge is 0.458 e. The Kier molecular flexibility index (Phi) is 9.99. The standard InChI is InChI=1S/C18H29NO10/c1-11(21)27-14-7-18(25-4,10-26-9-16(24)19-5-6-20)8-15(28-12(2)22)17(14)29-13(3)23/h14-15,17,20H,5-10H2,1-4H3,(H,19,24).